The summed E-state index contributed by atoms with van der Waals surface area (Å²) in [5, 5.41) is 1.23. The van der Waals surface area contributed by atoms with Crippen molar-refractivity contribution < 1.29 is 14.3 Å². The highest BCUT2D eigenvalue weighted by Crippen LogP contribution is 2.42. The van der Waals surface area contributed by atoms with Gasteiger partial charge in [0.25, 0.3) is 5.91 Å². The molecule has 29 heavy (non-hydrogen) atoms. The van der Waals surface area contributed by atoms with Gasteiger partial charge in [-0.3, -0.25) is 9.59 Å². The average Bonchev–Trinajstić information content (AvgIpc) is 2.67. The topological polar surface area (TPSA) is 46.6 Å². The van der Waals surface area contributed by atoms with Gasteiger partial charge in [-0.2, -0.15) is 0 Å². The first-order valence-corrected chi connectivity index (χ1v) is 10.7. The number of aryl methyl sites for hydroxylation is 1. The molecule has 8 heteroatoms. The molecule has 1 saturated heterocycles. The third kappa shape index (κ3) is 3.72. The minimum absolute atomic E-state index is 0.00820. The lowest BCUT2D eigenvalue weighted by Crippen LogP contribution is -2.52. The molecule has 0 N–H and O–H groups in total. The maximum atomic E-state index is 13.0. The van der Waals surface area contributed by atoms with Crippen LogP contribution >= 0.6 is 46.4 Å². The summed E-state index contributed by atoms with van der Waals surface area (Å²) >= 11 is 24.6. The SMILES string of the molecule is Cc1cc2c(cc1Cl)C(=O)CC1(CCN(C(=O)c3c(Cl)ccc(Cl)c3Cl)CC1)O2. The number of hydrogen-bond donors (Lipinski definition) is 0. The second kappa shape index (κ2) is 7.66. The standard InChI is InChI=1S/C21H17Cl4NO3/c1-11-8-17-12(9-15(11)24)16(27)10-21(29-17)4-6-26(7-5-21)20(28)18-13(22)2-3-14(23)19(18)25/h2-3,8-9H,4-7,10H2,1H3. The number of nitrogens with zero attached hydrogens (tertiary/aromatic N) is 1. The minimum atomic E-state index is -0.622. The number of carbonyl (C=O) groups excluding carboxylic acids is 2. The van der Waals surface area contributed by atoms with Gasteiger partial charge in [0.1, 0.15) is 11.4 Å². The van der Waals surface area contributed by atoms with Crippen molar-refractivity contribution in [3.8, 4) is 5.75 Å². The normalized spacial score (nSPS) is 17.8. The van der Waals surface area contributed by atoms with Gasteiger partial charge >= 0.3 is 0 Å². The summed E-state index contributed by atoms with van der Waals surface area (Å²) in [6.45, 7) is 2.72. The Morgan fingerprint density at radius 3 is 2.38 bits per heavy atom. The lowest BCUT2D eigenvalue weighted by molar-refractivity contribution is -0.00571. The quantitative estimate of drug-likeness (QED) is 0.461. The summed E-state index contributed by atoms with van der Waals surface area (Å²) < 4.78 is 6.28. The summed E-state index contributed by atoms with van der Waals surface area (Å²) in [6, 6.07) is 6.59. The number of fused-ring (bicyclic) bond motifs is 1. The molecule has 0 atom stereocenters. The van der Waals surface area contributed by atoms with Crippen molar-refractivity contribution in [2.24, 2.45) is 0 Å². The van der Waals surface area contributed by atoms with Gasteiger partial charge in [-0.1, -0.05) is 46.4 Å². The third-order valence-electron chi connectivity index (χ3n) is 5.59. The molecule has 0 radical (unpaired) electrons. The number of halogens is 4. The number of Topliss-reactive ketones (excluding diaryl/α,β-unsaturated/α-hetero) is 1. The summed E-state index contributed by atoms with van der Waals surface area (Å²) in [7, 11) is 0. The number of benzene rings is 2. The largest absolute Gasteiger partial charge is 0.486 e. The molecule has 1 spiro atoms. The number of ether oxygens (including phenoxy) is 1. The van der Waals surface area contributed by atoms with Crippen molar-refractivity contribution in [3.63, 3.8) is 0 Å². The molecule has 152 valence electrons. The Bertz CT molecular complexity index is 1030. The summed E-state index contributed by atoms with van der Waals surface area (Å²) in [5.41, 5.74) is 0.951. The van der Waals surface area contributed by atoms with Crippen LogP contribution in [-0.4, -0.2) is 35.3 Å². The van der Waals surface area contributed by atoms with E-state index in [1.165, 1.54) is 0 Å². The lowest BCUT2D eigenvalue weighted by atomic mass is 9.82. The van der Waals surface area contributed by atoms with Crippen LogP contribution in [0, 0.1) is 6.92 Å². The molecule has 0 aromatic heterocycles. The molecule has 0 saturated carbocycles. The Balaban J connectivity index is 1.54. The van der Waals surface area contributed by atoms with Gasteiger partial charge in [-0.15, -0.1) is 0 Å². The van der Waals surface area contributed by atoms with Gasteiger partial charge in [0, 0.05) is 31.0 Å². The van der Waals surface area contributed by atoms with E-state index >= 15 is 0 Å². The fourth-order valence-electron chi connectivity index (χ4n) is 3.89. The molecule has 0 bridgehead atoms. The van der Waals surface area contributed by atoms with Crippen molar-refractivity contribution in [1.29, 1.82) is 0 Å². The molecule has 2 aliphatic rings. The number of amides is 1. The predicted octanol–water partition coefficient (Wildman–Crippen LogP) is 6.25. The van der Waals surface area contributed by atoms with E-state index in [1.54, 1.807) is 29.2 Å². The van der Waals surface area contributed by atoms with Crippen molar-refractivity contribution in [2.75, 3.05) is 13.1 Å². The first-order valence-electron chi connectivity index (χ1n) is 9.16. The molecule has 2 aromatic carbocycles. The second-order valence-corrected chi connectivity index (χ2v) is 9.09. The molecule has 2 aliphatic heterocycles. The number of rotatable bonds is 1. The first-order chi connectivity index (χ1) is 13.7. The van der Waals surface area contributed by atoms with Crippen molar-refractivity contribution >= 4 is 58.1 Å². The Morgan fingerprint density at radius 1 is 1.03 bits per heavy atom. The molecule has 0 unspecified atom stereocenters. The highest BCUT2D eigenvalue weighted by Gasteiger charge is 2.44. The maximum Gasteiger partial charge on any atom is 0.256 e. The molecule has 4 rings (SSSR count). The van der Waals surface area contributed by atoms with Crippen LogP contribution in [0.1, 0.15) is 45.5 Å². The Hall–Kier alpha value is -1.46. The molecule has 1 fully saturated rings. The van der Waals surface area contributed by atoms with E-state index in [-0.39, 0.29) is 38.7 Å². The van der Waals surface area contributed by atoms with Crippen LogP contribution in [0.5, 0.6) is 5.75 Å². The summed E-state index contributed by atoms with van der Waals surface area (Å²) in [5.74, 6) is 0.292. The monoisotopic (exact) mass is 471 g/mol. The van der Waals surface area contributed by atoms with Crippen LogP contribution < -0.4 is 4.74 Å². The van der Waals surface area contributed by atoms with Gasteiger partial charge in [0.05, 0.1) is 32.6 Å². The van der Waals surface area contributed by atoms with Crippen molar-refractivity contribution in [3.05, 3.63) is 61.0 Å². The molecule has 4 nitrogen and oxygen atoms in total. The fraction of sp³-hybridized carbons (Fsp3) is 0.333. The molecule has 0 aliphatic carbocycles. The number of likely N-dealkylation sites (tertiary alicyclic amines) is 1. The van der Waals surface area contributed by atoms with Crippen LogP contribution in [0.2, 0.25) is 20.1 Å². The van der Waals surface area contributed by atoms with Gasteiger partial charge in [0.2, 0.25) is 0 Å². The summed E-state index contributed by atoms with van der Waals surface area (Å²) in [4.78, 5) is 27.4. The van der Waals surface area contributed by atoms with E-state index in [0.29, 0.717) is 42.3 Å². The van der Waals surface area contributed by atoms with E-state index < -0.39 is 5.60 Å². The van der Waals surface area contributed by atoms with E-state index in [1.807, 2.05) is 6.92 Å². The van der Waals surface area contributed by atoms with Crippen molar-refractivity contribution in [2.45, 2.75) is 31.8 Å². The molecule has 2 aromatic rings. The zero-order valence-corrected chi connectivity index (χ0v) is 18.6. The predicted molar refractivity (Wildman–Crippen MR) is 115 cm³/mol. The van der Waals surface area contributed by atoms with E-state index in [2.05, 4.69) is 0 Å². The molecule has 1 amide bonds. The zero-order valence-electron chi connectivity index (χ0n) is 15.5. The minimum Gasteiger partial charge on any atom is -0.486 e. The third-order valence-corrected chi connectivity index (χ3v) is 7.12. The van der Waals surface area contributed by atoms with Crippen LogP contribution in [-0.2, 0) is 0 Å². The van der Waals surface area contributed by atoms with E-state index in [0.717, 1.165) is 5.56 Å². The average molecular weight is 473 g/mol. The van der Waals surface area contributed by atoms with E-state index in [4.69, 9.17) is 51.1 Å². The molecular weight excluding hydrogens is 456 g/mol. The van der Waals surface area contributed by atoms with Gasteiger partial charge in [0.15, 0.2) is 5.78 Å². The Labute approximate surface area is 188 Å². The number of carbonyl (C=O) groups is 2. The summed E-state index contributed by atoms with van der Waals surface area (Å²) in [6.07, 6.45) is 1.32. The van der Waals surface area contributed by atoms with Gasteiger partial charge in [-0.25, -0.2) is 0 Å². The number of ketones is 1. The zero-order chi connectivity index (χ0) is 20.9. The highest BCUT2D eigenvalue weighted by molar-refractivity contribution is 6.46. The number of hydrogen-bond acceptors (Lipinski definition) is 3. The van der Waals surface area contributed by atoms with Crippen LogP contribution in [0.4, 0.5) is 0 Å². The molecule has 2 heterocycles. The van der Waals surface area contributed by atoms with Crippen LogP contribution in [0.3, 0.4) is 0 Å². The highest BCUT2D eigenvalue weighted by atomic mass is 35.5. The Morgan fingerprint density at radius 2 is 1.69 bits per heavy atom. The van der Waals surface area contributed by atoms with Gasteiger partial charge < -0.3 is 9.64 Å². The maximum absolute atomic E-state index is 13.0. The smallest absolute Gasteiger partial charge is 0.256 e. The van der Waals surface area contributed by atoms with Crippen LogP contribution in [0.15, 0.2) is 24.3 Å². The van der Waals surface area contributed by atoms with Crippen LogP contribution in [0.25, 0.3) is 0 Å². The lowest BCUT2D eigenvalue weighted by Gasteiger charge is -2.44. The van der Waals surface area contributed by atoms with E-state index in [9.17, 15) is 9.59 Å². The molecular formula is C21H17Cl4NO3. The second-order valence-electron chi connectivity index (χ2n) is 7.49. The van der Waals surface area contributed by atoms with Gasteiger partial charge in [-0.05, 0) is 36.8 Å². The number of piperidine rings is 1. The Kier molecular flexibility index (Phi) is 5.49. The first kappa shape index (κ1) is 20.8. The fourth-order valence-corrected chi connectivity index (χ4v) is 4.75. The van der Waals surface area contributed by atoms with Crippen molar-refractivity contribution in [1.82, 2.24) is 4.90 Å².